The van der Waals surface area contributed by atoms with E-state index >= 15 is 0 Å². The Morgan fingerprint density at radius 3 is 2.50 bits per heavy atom. The zero-order valence-corrected chi connectivity index (χ0v) is 19.7. The molecule has 9 heteroatoms. The SMILES string of the molecule is CCN(CC)S(=O)(=O)c1ccc2c(c1)nc(CCC(=O)Nc1cc(F)ccc1C)n2CC. The maximum Gasteiger partial charge on any atom is 0.243 e. The van der Waals surface area contributed by atoms with E-state index in [4.69, 9.17) is 0 Å². The number of anilines is 1. The Labute approximate surface area is 188 Å². The molecule has 0 atom stereocenters. The zero-order valence-electron chi connectivity index (χ0n) is 18.9. The van der Waals surface area contributed by atoms with Gasteiger partial charge >= 0.3 is 0 Å². The van der Waals surface area contributed by atoms with Crippen LogP contribution in [-0.2, 0) is 27.8 Å². The number of benzene rings is 2. The van der Waals surface area contributed by atoms with Gasteiger partial charge < -0.3 is 9.88 Å². The number of aryl methyl sites for hydroxylation is 3. The maximum absolute atomic E-state index is 13.5. The van der Waals surface area contributed by atoms with Crippen LogP contribution in [-0.4, -0.2) is 41.3 Å². The first-order chi connectivity index (χ1) is 15.2. The van der Waals surface area contributed by atoms with Crippen LogP contribution < -0.4 is 5.32 Å². The van der Waals surface area contributed by atoms with E-state index < -0.39 is 15.8 Å². The number of amides is 1. The van der Waals surface area contributed by atoms with E-state index in [1.54, 1.807) is 45.0 Å². The number of carbonyl (C=O) groups excluding carboxylic acids is 1. The van der Waals surface area contributed by atoms with Crippen molar-refractivity contribution >= 4 is 32.7 Å². The average molecular weight is 461 g/mol. The van der Waals surface area contributed by atoms with Crippen LogP contribution in [0.15, 0.2) is 41.3 Å². The number of halogens is 1. The Hall–Kier alpha value is -2.78. The van der Waals surface area contributed by atoms with Crippen LogP contribution in [0.1, 0.15) is 38.6 Å². The molecular weight excluding hydrogens is 431 g/mol. The second kappa shape index (κ2) is 9.79. The van der Waals surface area contributed by atoms with E-state index in [1.165, 1.54) is 16.4 Å². The number of hydrogen-bond donors (Lipinski definition) is 1. The highest BCUT2D eigenvalue weighted by Crippen LogP contribution is 2.24. The Morgan fingerprint density at radius 2 is 1.84 bits per heavy atom. The van der Waals surface area contributed by atoms with Crippen molar-refractivity contribution in [2.24, 2.45) is 0 Å². The van der Waals surface area contributed by atoms with Gasteiger partial charge in [-0.05, 0) is 49.7 Å². The third kappa shape index (κ3) is 4.83. The molecule has 1 N–H and O–H groups in total. The van der Waals surface area contributed by atoms with Crippen LogP contribution in [0.3, 0.4) is 0 Å². The Morgan fingerprint density at radius 1 is 1.12 bits per heavy atom. The summed E-state index contributed by atoms with van der Waals surface area (Å²) in [6.45, 7) is 8.81. The van der Waals surface area contributed by atoms with Gasteiger partial charge in [-0.2, -0.15) is 4.31 Å². The molecule has 0 spiro atoms. The van der Waals surface area contributed by atoms with Crippen molar-refractivity contribution in [3.05, 3.63) is 53.6 Å². The van der Waals surface area contributed by atoms with Gasteiger partial charge in [0.05, 0.1) is 15.9 Å². The van der Waals surface area contributed by atoms with E-state index in [0.29, 0.717) is 43.1 Å². The summed E-state index contributed by atoms with van der Waals surface area (Å²) in [5.41, 5.74) is 2.63. The number of fused-ring (bicyclic) bond motifs is 1. The Bertz CT molecular complexity index is 1230. The van der Waals surface area contributed by atoms with Gasteiger partial charge in [-0.15, -0.1) is 0 Å². The molecule has 0 aliphatic heterocycles. The number of rotatable bonds is 9. The van der Waals surface area contributed by atoms with Gasteiger partial charge in [0.15, 0.2) is 0 Å². The number of imidazole rings is 1. The van der Waals surface area contributed by atoms with Crippen molar-refractivity contribution in [1.29, 1.82) is 0 Å². The lowest BCUT2D eigenvalue weighted by Gasteiger charge is -2.18. The van der Waals surface area contributed by atoms with Crippen LogP contribution in [0.25, 0.3) is 11.0 Å². The van der Waals surface area contributed by atoms with Crippen molar-refractivity contribution in [2.45, 2.75) is 52.0 Å². The smallest absolute Gasteiger partial charge is 0.243 e. The summed E-state index contributed by atoms with van der Waals surface area (Å²) in [5.74, 6) is 0.0540. The molecule has 0 aliphatic rings. The molecule has 0 fully saturated rings. The molecule has 0 saturated carbocycles. The van der Waals surface area contributed by atoms with Gasteiger partial charge in [0.25, 0.3) is 0 Å². The minimum atomic E-state index is -3.58. The average Bonchev–Trinajstić information content (AvgIpc) is 3.12. The summed E-state index contributed by atoms with van der Waals surface area (Å²) < 4.78 is 42.6. The first-order valence-electron chi connectivity index (χ1n) is 10.8. The molecule has 1 aromatic heterocycles. The quantitative estimate of drug-likeness (QED) is 0.521. The first kappa shape index (κ1) is 23.9. The summed E-state index contributed by atoms with van der Waals surface area (Å²) >= 11 is 0. The molecular formula is C23H29FN4O3S. The fourth-order valence-corrected chi connectivity index (χ4v) is 5.22. The van der Waals surface area contributed by atoms with Gasteiger partial charge in [-0.25, -0.2) is 17.8 Å². The third-order valence-corrected chi connectivity index (χ3v) is 7.55. The maximum atomic E-state index is 13.5. The zero-order chi connectivity index (χ0) is 23.5. The van der Waals surface area contributed by atoms with E-state index in [9.17, 15) is 17.6 Å². The lowest BCUT2D eigenvalue weighted by Crippen LogP contribution is -2.30. The van der Waals surface area contributed by atoms with Crippen molar-refractivity contribution in [3.8, 4) is 0 Å². The number of aromatic nitrogens is 2. The number of sulfonamides is 1. The second-order valence-electron chi connectivity index (χ2n) is 7.52. The van der Waals surface area contributed by atoms with Gasteiger partial charge in [0.2, 0.25) is 15.9 Å². The minimum absolute atomic E-state index is 0.171. The molecule has 3 aromatic rings. The first-order valence-corrected chi connectivity index (χ1v) is 12.2. The van der Waals surface area contributed by atoms with Gasteiger partial charge in [0, 0.05) is 38.2 Å². The van der Waals surface area contributed by atoms with Crippen molar-refractivity contribution in [3.63, 3.8) is 0 Å². The summed E-state index contributed by atoms with van der Waals surface area (Å²) in [6.07, 6.45) is 0.546. The summed E-state index contributed by atoms with van der Waals surface area (Å²) in [5, 5.41) is 2.75. The molecule has 1 heterocycles. The summed E-state index contributed by atoms with van der Waals surface area (Å²) in [7, 11) is -3.58. The van der Waals surface area contributed by atoms with E-state index in [1.807, 2.05) is 11.5 Å². The Kier molecular flexibility index (Phi) is 7.30. The molecule has 0 unspecified atom stereocenters. The highest BCUT2D eigenvalue weighted by atomic mass is 32.2. The number of nitrogens with one attached hydrogen (secondary N) is 1. The van der Waals surface area contributed by atoms with E-state index in [2.05, 4.69) is 10.3 Å². The fraction of sp³-hybridized carbons (Fsp3) is 0.391. The minimum Gasteiger partial charge on any atom is -0.328 e. The third-order valence-electron chi connectivity index (χ3n) is 5.51. The molecule has 0 aliphatic carbocycles. The second-order valence-corrected chi connectivity index (χ2v) is 9.46. The van der Waals surface area contributed by atoms with Crippen LogP contribution in [0.4, 0.5) is 10.1 Å². The number of hydrogen-bond acceptors (Lipinski definition) is 4. The largest absolute Gasteiger partial charge is 0.328 e. The molecule has 32 heavy (non-hydrogen) atoms. The molecule has 0 radical (unpaired) electrons. The lowest BCUT2D eigenvalue weighted by atomic mass is 10.2. The van der Waals surface area contributed by atoms with Crippen LogP contribution in [0.2, 0.25) is 0 Å². The van der Waals surface area contributed by atoms with Crippen LogP contribution in [0, 0.1) is 12.7 Å². The predicted molar refractivity (Wildman–Crippen MR) is 124 cm³/mol. The molecule has 0 bridgehead atoms. The normalized spacial score (nSPS) is 11.9. The van der Waals surface area contributed by atoms with Crippen LogP contribution >= 0.6 is 0 Å². The molecule has 0 saturated heterocycles. The molecule has 172 valence electrons. The fourth-order valence-electron chi connectivity index (χ4n) is 3.74. The molecule has 1 amide bonds. The van der Waals surface area contributed by atoms with Crippen molar-refractivity contribution in [1.82, 2.24) is 13.9 Å². The number of nitrogens with zero attached hydrogens (tertiary/aromatic N) is 3. The standard InChI is InChI=1S/C23H29FN4O3S/c1-5-27(6-2)32(30,31)18-10-11-21-20(15-18)25-22(28(21)7-3)12-13-23(29)26-19-14-17(24)9-8-16(19)4/h8-11,14-15H,5-7,12-13H2,1-4H3,(H,26,29). The lowest BCUT2D eigenvalue weighted by molar-refractivity contribution is -0.116. The van der Waals surface area contributed by atoms with E-state index in [-0.39, 0.29) is 17.2 Å². The van der Waals surface area contributed by atoms with E-state index in [0.717, 1.165) is 11.1 Å². The molecule has 7 nitrogen and oxygen atoms in total. The highest BCUT2D eigenvalue weighted by molar-refractivity contribution is 7.89. The Balaban J connectivity index is 1.82. The monoisotopic (exact) mass is 460 g/mol. The van der Waals surface area contributed by atoms with Crippen LogP contribution in [0.5, 0.6) is 0 Å². The van der Waals surface area contributed by atoms with Gasteiger partial charge in [-0.3, -0.25) is 4.79 Å². The van der Waals surface area contributed by atoms with Gasteiger partial charge in [-0.1, -0.05) is 19.9 Å². The number of carbonyl (C=O) groups is 1. The molecule has 2 aromatic carbocycles. The summed E-state index contributed by atoms with van der Waals surface area (Å²) in [4.78, 5) is 17.3. The molecule has 3 rings (SSSR count). The van der Waals surface area contributed by atoms with Gasteiger partial charge in [0.1, 0.15) is 11.6 Å². The van der Waals surface area contributed by atoms with Crippen molar-refractivity contribution < 1.29 is 17.6 Å². The topological polar surface area (TPSA) is 84.3 Å². The highest BCUT2D eigenvalue weighted by Gasteiger charge is 2.23. The van der Waals surface area contributed by atoms with Crippen molar-refractivity contribution in [2.75, 3.05) is 18.4 Å². The predicted octanol–water partition coefficient (Wildman–Crippen LogP) is 4.11. The summed E-state index contributed by atoms with van der Waals surface area (Å²) in [6, 6.07) is 9.23.